The minimum Gasteiger partial charge on any atom is -0.419 e. The van der Waals surface area contributed by atoms with Gasteiger partial charge in [-0.1, -0.05) is 0 Å². The molecule has 1 aromatic carbocycles. The van der Waals surface area contributed by atoms with Gasteiger partial charge >= 0.3 is 0 Å². The Labute approximate surface area is 101 Å². The van der Waals surface area contributed by atoms with E-state index in [0.717, 1.165) is 0 Å². The topological polar surface area (TPSA) is 82.1 Å². The van der Waals surface area contributed by atoms with Crippen LogP contribution in [-0.2, 0) is 5.88 Å². The number of aryl methyl sites for hydroxylation is 1. The normalized spacial score (nSPS) is 10.5. The first-order valence-corrected chi connectivity index (χ1v) is 5.29. The average Bonchev–Trinajstić information content (AvgIpc) is 2.77. The van der Waals surface area contributed by atoms with Gasteiger partial charge in [-0.3, -0.25) is 10.1 Å². The van der Waals surface area contributed by atoms with Crippen molar-refractivity contribution in [2.75, 3.05) is 0 Å². The van der Waals surface area contributed by atoms with E-state index in [4.69, 9.17) is 16.0 Å². The van der Waals surface area contributed by atoms with Crippen LogP contribution >= 0.6 is 11.6 Å². The van der Waals surface area contributed by atoms with Crippen LogP contribution in [0, 0.1) is 17.0 Å². The number of aromatic nitrogens is 2. The number of nitrogens with zero attached hydrogens (tertiary/aromatic N) is 3. The molecule has 2 aromatic rings. The summed E-state index contributed by atoms with van der Waals surface area (Å²) in [5.41, 5.74) is 1.40. The second-order valence-electron chi connectivity index (χ2n) is 3.39. The zero-order valence-corrected chi connectivity index (χ0v) is 9.64. The van der Waals surface area contributed by atoms with Gasteiger partial charge in [0.25, 0.3) is 5.69 Å². The Balaban J connectivity index is 2.42. The summed E-state index contributed by atoms with van der Waals surface area (Å²) in [6, 6.07) is 4.44. The Kier molecular flexibility index (Phi) is 3.06. The van der Waals surface area contributed by atoms with Gasteiger partial charge in [-0.25, -0.2) is 0 Å². The second-order valence-corrected chi connectivity index (χ2v) is 3.66. The summed E-state index contributed by atoms with van der Waals surface area (Å²) < 4.78 is 5.28. The second kappa shape index (κ2) is 4.50. The molecule has 0 amide bonds. The molecule has 1 heterocycles. The molecule has 0 spiro atoms. The first-order valence-electron chi connectivity index (χ1n) is 4.75. The lowest BCUT2D eigenvalue weighted by molar-refractivity contribution is -0.384. The van der Waals surface area contributed by atoms with E-state index >= 15 is 0 Å². The molecule has 0 N–H and O–H groups in total. The standard InChI is InChI=1S/C10H8ClN3O3/c1-6-4-7(14(15)16)2-3-8(6)10-13-12-9(5-11)17-10/h2-4H,5H2,1H3. The molecule has 6 nitrogen and oxygen atoms in total. The van der Waals surface area contributed by atoms with Gasteiger partial charge in [0.15, 0.2) is 0 Å². The fourth-order valence-electron chi connectivity index (χ4n) is 1.42. The van der Waals surface area contributed by atoms with E-state index in [2.05, 4.69) is 10.2 Å². The number of hydrogen-bond acceptors (Lipinski definition) is 5. The molecule has 0 saturated carbocycles. The van der Waals surface area contributed by atoms with E-state index in [9.17, 15) is 10.1 Å². The molecule has 0 unspecified atom stereocenters. The lowest BCUT2D eigenvalue weighted by Gasteiger charge is -2.00. The zero-order chi connectivity index (χ0) is 12.4. The van der Waals surface area contributed by atoms with Crippen molar-refractivity contribution in [1.82, 2.24) is 10.2 Å². The van der Waals surface area contributed by atoms with Crippen molar-refractivity contribution < 1.29 is 9.34 Å². The fourth-order valence-corrected chi connectivity index (χ4v) is 1.53. The molecule has 7 heteroatoms. The quantitative estimate of drug-likeness (QED) is 0.477. The van der Waals surface area contributed by atoms with Gasteiger partial charge in [0.1, 0.15) is 5.88 Å². The molecule has 0 atom stereocenters. The van der Waals surface area contributed by atoms with Crippen LogP contribution in [0.15, 0.2) is 22.6 Å². The number of nitro groups is 1. The predicted octanol–water partition coefficient (Wildman–Crippen LogP) is 2.69. The Morgan fingerprint density at radius 2 is 2.24 bits per heavy atom. The summed E-state index contributed by atoms with van der Waals surface area (Å²) in [7, 11) is 0. The first kappa shape index (κ1) is 11.5. The van der Waals surface area contributed by atoms with Crippen LogP contribution in [0.1, 0.15) is 11.5 Å². The van der Waals surface area contributed by atoms with Crippen LogP contribution < -0.4 is 0 Å². The molecule has 0 aliphatic carbocycles. The van der Waals surface area contributed by atoms with Crippen LogP contribution in [-0.4, -0.2) is 15.1 Å². The molecule has 88 valence electrons. The third-order valence-electron chi connectivity index (χ3n) is 2.23. The molecule has 0 aliphatic rings. The van der Waals surface area contributed by atoms with Crippen LogP contribution in [0.3, 0.4) is 0 Å². The van der Waals surface area contributed by atoms with Gasteiger partial charge in [0.2, 0.25) is 11.8 Å². The number of hydrogen-bond donors (Lipinski definition) is 0. The lowest BCUT2D eigenvalue weighted by atomic mass is 10.1. The maximum Gasteiger partial charge on any atom is 0.269 e. The molecule has 0 aliphatic heterocycles. The van der Waals surface area contributed by atoms with Gasteiger partial charge in [-0.05, 0) is 18.6 Å². The van der Waals surface area contributed by atoms with Crippen molar-refractivity contribution in [2.45, 2.75) is 12.8 Å². The number of rotatable bonds is 3. The van der Waals surface area contributed by atoms with E-state index in [-0.39, 0.29) is 11.6 Å². The number of non-ortho nitro benzene ring substituents is 1. The highest BCUT2D eigenvalue weighted by molar-refractivity contribution is 6.16. The lowest BCUT2D eigenvalue weighted by Crippen LogP contribution is -1.90. The first-order chi connectivity index (χ1) is 8.11. The van der Waals surface area contributed by atoms with E-state index in [1.807, 2.05) is 0 Å². The number of benzene rings is 1. The van der Waals surface area contributed by atoms with Crippen molar-refractivity contribution in [1.29, 1.82) is 0 Å². The third kappa shape index (κ3) is 2.26. The Morgan fingerprint density at radius 1 is 1.47 bits per heavy atom. The van der Waals surface area contributed by atoms with Crippen molar-refractivity contribution in [3.8, 4) is 11.5 Å². The molecular weight excluding hydrogens is 246 g/mol. The van der Waals surface area contributed by atoms with E-state index in [0.29, 0.717) is 22.9 Å². The van der Waals surface area contributed by atoms with Crippen LogP contribution in [0.25, 0.3) is 11.5 Å². The summed E-state index contributed by atoms with van der Waals surface area (Å²) in [5, 5.41) is 18.1. The molecule has 17 heavy (non-hydrogen) atoms. The highest BCUT2D eigenvalue weighted by atomic mass is 35.5. The SMILES string of the molecule is Cc1cc([N+](=O)[O-])ccc1-c1nnc(CCl)o1. The minimum atomic E-state index is -0.450. The maximum atomic E-state index is 10.6. The molecule has 0 radical (unpaired) electrons. The van der Waals surface area contributed by atoms with Crippen LogP contribution in [0.2, 0.25) is 0 Å². The van der Waals surface area contributed by atoms with Gasteiger partial charge in [0.05, 0.1) is 4.92 Å². The van der Waals surface area contributed by atoms with E-state index in [1.54, 1.807) is 13.0 Å². The van der Waals surface area contributed by atoms with E-state index < -0.39 is 4.92 Å². The fraction of sp³-hybridized carbons (Fsp3) is 0.200. The van der Waals surface area contributed by atoms with Gasteiger partial charge in [0, 0.05) is 17.7 Å². The van der Waals surface area contributed by atoms with Crippen LogP contribution in [0.5, 0.6) is 0 Å². The van der Waals surface area contributed by atoms with Crippen molar-refractivity contribution in [3.05, 3.63) is 39.8 Å². The largest absolute Gasteiger partial charge is 0.419 e. The summed E-state index contributed by atoms with van der Waals surface area (Å²) in [4.78, 5) is 10.1. The maximum absolute atomic E-state index is 10.6. The number of alkyl halides is 1. The van der Waals surface area contributed by atoms with Gasteiger partial charge in [-0.2, -0.15) is 0 Å². The Hall–Kier alpha value is -1.95. The summed E-state index contributed by atoms with van der Waals surface area (Å²) in [5.74, 6) is 0.770. The number of halogens is 1. The minimum absolute atomic E-state index is 0.0309. The molecule has 0 bridgehead atoms. The van der Waals surface area contributed by atoms with Crippen molar-refractivity contribution in [2.24, 2.45) is 0 Å². The van der Waals surface area contributed by atoms with Gasteiger partial charge in [-0.15, -0.1) is 21.8 Å². The molecular formula is C10H8ClN3O3. The van der Waals surface area contributed by atoms with E-state index in [1.165, 1.54) is 12.1 Å². The monoisotopic (exact) mass is 253 g/mol. The summed E-state index contributed by atoms with van der Waals surface area (Å²) >= 11 is 5.55. The molecule has 0 saturated heterocycles. The smallest absolute Gasteiger partial charge is 0.269 e. The zero-order valence-electron chi connectivity index (χ0n) is 8.88. The Morgan fingerprint density at radius 3 is 2.76 bits per heavy atom. The highest BCUT2D eigenvalue weighted by Gasteiger charge is 2.13. The van der Waals surface area contributed by atoms with Gasteiger partial charge < -0.3 is 4.42 Å². The third-order valence-corrected chi connectivity index (χ3v) is 2.46. The Bertz CT molecular complexity index is 568. The molecule has 0 fully saturated rings. The van der Waals surface area contributed by atoms with Crippen molar-refractivity contribution in [3.63, 3.8) is 0 Å². The molecule has 1 aromatic heterocycles. The summed E-state index contributed by atoms with van der Waals surface area (Å²) in [6.07, 6.45) is 0. The summed E-state index contributed by atoms with van der Waals surface area (Å²) in [6.45, 7) is 1.74. The predicted molar refractivity (Wildman–Crippen MR) is 60.7 cm³/mol. The molecule has 2 rings (SSSR count). The highest BCUT2D eigenvalue weighted by Crippen LogP contribution is 2.25. The average molecular weight is 254 g/mol. The number of nitro benzene ring substituents is 1. The van der Waals surface area contributed by atoms with Crippen molar-refractivity contribution >= 4 is 17.3 Å². The van der Waals surface area contributed by atoms with Crippen LogP contribution in [0.4, 0.5) is 5.69 Å².